The maximum Gasteiger partial charge on any atom is 0.347 e. The number of fused-ring (bicyclic) bond motifs is 4. The van der Waals surface area contributed by atoms with E-state index in [2.05, 4.69) is 20.9 Å². The monoisotopic (exact) mass is 729 g/mol. The summed E-state index contributed by atoms with van der Waals surface area (Å²) in [6.45, 7) is 3.46. The number of benzene rings is 2. The van der Waals surface area contributed by atoms with E-state index in [-0.39, 0.29) is 64.6 Å². The summed E-state index contributed by atoms with van der Waals surface area (Å²) >= 11 is 3.23. The SMILES string of the molecule is COc1cc2nc(CCn3c(=O)n4n(c3=O)C3CC5=C(C(=O)C=C(Br)C5=O)C(c5cc(C)c(O)c(C)c5)C3=CC4)c(=O)n(C)c2cc1OC. The number of phenols is 1. The van der Waals surface area contributed by atoms with Crippen LogP contribution in [-0.4, -0.2) is 54.4 Å². The summed E-state index contributed by atoms with van der Waals surface area (Å²) in [4.78, 5) is 72.7. The fourth-order valence-corrected chi connectivity index (χ4v) is 7.79. The standard InChI is InChI=1S/C35H32BrN5O8/c1-16-10-18(11-17(2)31(16)43)29-19-6-9-40-34(46)39(35(47)41(40)24(19)12-20-30(29)26(42)13-21(36)32(20)44)8-7-22-33(45)38(3)25-15-28(49-5)27(48-4)14-23(25)37-22/h6,10-11,13-15,24,29,43H,7-9,12H2,1-5H3. The van der Waals surface area contributed by atoms with Gasteiger partial charge in [-0.15, -0.1) is 0 Å². The number of aryl methyl sites for hydroxylation is 4. The van der Waals surface area contributed by atoms with Crippen molar-refractivity contribution in [1.82, 2.24) is 23.5 Å². The van der Waals surface area contributed by atoms with Crippen molar-refractivity contribution in [3.63, 3.8) is 0 Å². The Hall–Kier alpha value is -5.24. The van der Waals surface area contributed by atoms with Crippen LogP contribution in [-0.2, 0) is 36.1 Å². The smallest absolute Gasteiger partial charge is 0.347 e. The first kappa shape index (κ1) is 32.3. The number of carbonyl (C=O) groups is 2. The van der Waals surface area contributed by atoms with Gasteiger partial charge in [-0.05, 0) is 52.0 Å². The molecule has 2 unspecified atom stereocenters. The van der Waals surface area contributed by atoms with Crippen molar-refractivity contribution in [3.05, 3.63) is 111 Å². The van der Waals surface area contributed by atoms with E-state index in [1.807, 2.05) is 6.08 Å². The number of hydrogen-bond acceptors (Lipinski definition) is 9. The predicted molar refractivity (Wildman–Crippen MR) is 183 cm³/mol. The number of hydrogen-bond donors (Lipinski definition) is 1. The van der Waals surface area contributed by atoms with Crippen LogP contribution in [0, 0.1) is 13.8 Å². The molecule has 0 saturated heterocycles. The first-order valence-electron chi connectivity index (χ1n) is 15.6. The molecule has 0 fully saturated rings. The number of methoxy groups -OCH3 is 2. The highest BCUT2D eigenvalue weighted by Gasteiger charge is 2.45. The molecule has 0 spiro atoms. The van der Waals surface area contributed by atoms with Gasteiger partial charge in [0.2, 0.25) is 0 Å². The van der Waals surface area contributed by atoms with Gasteiger partial charge in [0.1, 0.15) is 11.4 Å². The average molecular weight is 731 g/mol. The van der Waals surface area contributed by atoms with Gasteiger partial charge in [-0.1, -0.05) is 18.2 Å². The van der Waals surface area contributed by atoms with Crippen molar-refractivity contribution in [2.24, 2.45) is 7.05 Å². The van der Waals surface area contributed by atoms with Gasteiger partial charge in [0.15, 0.2) is 23.1 Å². The lowest BCUT2D eigenvalue weighted by Crippen LogP contribution is -2.40. The molecule has 0 radical (unpaired) electrons. The molecular weight excluding hydrogens is 698 g/mol. The number of Topliss-reactive ketones (excluding diaryl/α,β-unsaturated/α-hetero) is 1. The molecule has 49 heavy (non-hydrogen) atoms. The summed E-state index contributed by atoms with van der Waals surface area (Å²) < 4.78 is 16.1. The highest BCUT2D eigenvalue weighted by Crippen LogP contribution is 2.50. The largest absolute Gasteiger partial charge is 0.507 e. The molecule has 1 aliphatic heterocycles. The van der Waals surface area contributed by atoms with Crippen LogP contribution in [0.5, 0.6) is 17.2 Å². The molecule has 0 bridgehead atoms. The summed E-state index contributed by atoms with van der Waals surface area (Å²) in [5.41, 5.74) is 2.83. The first-order valence-corrected chi connectivity index (χ1v) is 16.4. The Kier molecular flexibility index (Phi) is 7.73. The Morgan fingerprint density at radius 3 is 2.33 bits per heavy atom. The van der Waals surface area contributed by atoms with Gasteiger partial charge >= 0.3 is 11.4 Å². The van der Waals surface area contributed by atoms with Crippen LogP contribution in [0.15, 0.2) is 72.0 Å². The number of nitrogens with zero attached hydrogens (tertiary/aromatic N) is 5. The molecule has 4 aromatic rings. The van der Waals surface area contributed by atoms with E-state index in [1.54, 1.807) is 45.2 Å². The van der Waals surface area contributed by atoms with Crippen molar-refractivity contribution in [2.75, 3.05) is 14.2 Å². The highest BCUT2D eigenvalue weighted by atomic mass is 79.9. The minimum atomic E-state index is -0.738. The third-order valence-corrected chi connectivity index (χ3v) is 10.3. The van der Waals surface area contributed by atoms with Gasteiger partial charge in [0.05, 0.1) is 42.3 Å². The third kappa shape index (κ3) is 4.87. The zero-order valence-corrected chi connectivity index (χ0v) is 29.0. The van der Waals surface area contributed by atoms with Gasteiger partial charge in [0.25, 0.3) is 5.56 Å². The van der Waals surface area contributed by atoms with Crippen molar-refractivity contribution in [2.45, 2.75) is 51.7 Å². The van der Waals surface area contributed by atoms with Crippen molar-refractivity contribution in [3.8, 4) is 17.2 Å². The summed E-state index contributed by atoms with van der Waals surface area (Å²) in [7, 11) is 4.60. The second-order valence-electron chi connectivity index (χ2n) is 12.5. The molecular formula is C35H32BrN5O8. The van der Waals surface area contributed by atoms with Crippen LogP contribution in [0.1, 0.15) is 40.8 Å². The number of ketones is 2. The predicted octanol–water partition coefficient (Wildman–Crippen LogP) is 3.04. The summed E-state index contributed by atoms with van der Waals surface area (Å²) in [5.74, 6) is -0.342. The average Bonchev–Trinajstić information content (AvgIpc) is 3.33. The van der Waals surface area contributed by atoms with Crippen molar-refractivity contribution < 1.29 is 24.2 Å². The molecule has 2 aliphatic carbocycles. The van der Waals surface area contributed by atoms with Crippen LogP contribution < -0.4 is 26.4 Å². The lowest BCUT2D eigenvalue weighted by atomic mass is 9.68. The van der Waals surface area contributed by atoms with Crippen molar-refractivity contribution >= 4 is 38.5 Å². The molecule has 13 nitrogen and oxygen atoms in total. The number of ether oxygens (including phenoxy) is 2. The lowest BCUT2D eigenvalue weighted by molar-refractivity contribution is -0.115. The molecule has 3 heterocycles. The van der Waals surface area contributed by atoms with Gasteiger partial charge in [0, 0.05) is 61.7 Å². The minimum absolute atomic E-state index is 0.00418. The molecule has 0 saturated carbocycles. The molecule has 14 heteroatoms. The maximum atomic E-state index is 14.1. The normalized spacial score (nSPS) is 18.6. The molecule has 252 valence electrons. The van der Waals surface area contributed by atoms with Gasteiger partial charge < -0.3 is 19.1 Å². The number of rotatable bonds is 6. The topological polar surface area (TPSA) is 157 Å². The third-order valence-electron chi connectivity index (χ3n) is 9.75. The zero-order valence-electron chi connectivity index (χ0n) is 27.4. The van der Waals surface area contributed by atoms with Gasteiger partial charge in [-0.2, -0.15) is 0 Å². The lowest BCUT2D eigenvalue weighted by Gasteiger charge is -2.39. The molecule has 0 amide bonds. The van der Waals surface area contributed by atoms with E-state index in [4.69, 9.17) is 9.47 Å². The van der Waals surface area contributed by atoms with E-state index >= 15 is 0 Å². The Balaban J connectivity index is 1.30. The zero-order chi connectivity index (χ0) is 35.0. The fourth-order valence-electron chi connectivity index (χ4n) is 7.34. The Labute approximate surface area is 287 Å². The summed E-state index contributed by atoms with van der Waals surface area (Å²) in [6, 6.07) is 6.15. The van der Waals surface area contributed by atoms with Crippen molar-refractivity contribution in [1.29, 1.82) is 0 Å². The molecule has 2 aromatic heterocycles. The number of allylic oxidation sites excluding steroid dienone is 6. The van der Waals surface area contributed by atoms with Crippen LogP contribution >= 0.6 is 15.9 Å². The second-order valence-corrected chi connectivity index (χ2v) is 13.3. The molecule has 3 aliphatic rings. The molecule has 2 atom stereocenters. The Bertz CT molecular complexity index is 2420. The quantitative estimate of drug-likeness (QED) is 0.233. The number of carbonyl (C=O) groups excluding carboxylic acids is 2. The van der Waals surface area contributed by atoms with E-state index < -0.39 is 23.3 Å². The van der Waals surface area contributed by atoms with E-state index in [0.717, 1.165) is 4.57 Å². The Morgan fingerprint density at radius 2 is 1.65 bits per heavy atom. The van der Waals surface area contributed by atoms with Crippen LogP contribution in [0.3, 0.4) is 0 Å². The Morgan fingerprint density at radius 1 is 0.980 bits per heavy atom. The fraction of sp³-hybridized carbons (Fsp3) is 0.314. The van der Waals surface area contributed by atoms with Gasteiger partial charge in [-0.3, -0.25) is 14.4 Å². The minimum Gasteiger partial charge on any atom is -0.507 e. The van der Waals surface area contributed by atoms with Crippen LogP contribution in [0.2, 0.25) is 0 Å². The molecule has 1 N–H and O–H groups in total. The number of phenolic OH excluding ortho intramolecular Hbond substituents is 1. The maximum absolute atomic E-state index is 14.1. The van der Waals surface area contributed by atoms with E-state index in [9.17, 15) is 29.1 Å². The molecule has 2 aromatic carbocycles. The number of aromatic hydroxyl groups is 1. The molecule has 7 rings (SSSR count). The summed E-state index contributed by atoms with van der Waals surface area (Å²) in [6.07, 6.45) is 3.14. The van der Waals surface area contributed by atoms with Gasteiger partial charge in [-0.25, -0.2) is 28.5 Å². The summed E-state index contributed by atoms with van der Waals surface area (Å²) in [5, 5.41) is 10.5. The number of halogens is 1. The van der Waals surface area contributed by atoms with E-state index in [0.29, 0.717) is 50.4 Å². The van der Waals surface area contributed by atoms with Crippen LogP contribution in [0.25, 0.3) is 11.0 Å². The number of aromatic nitrogens is 5. The highest BCUT2D eigenvalue weighted by molar-refractivity contribution is 9.12. The van der Waals surface area contributed by atoms with E-state index in [1.165, 1.54) is 34.2 Å². The first-order chi connectivity index (χ1) is 23.4. The van der Waals surface area contributed by atoms with Crippen LogP contribution in [0.4, 0.5) is 0 Å². The second kappa shape index (κ2) is 11.7.